The van der Waals surface area contributed by atoms with Crippen LogP contribution in [-0.4, -0.2) is 37.1 Å². The third-order valence-corrected chi connectivity index (χ3v) is 6.27. The fourth-order valence-corrected chi connectivity index (χ4v) is 4.03. The molecule has 0 aliphatic heterocycles. The third kappa shape index (κ3) is 4.48. The Labute approximate surface area is 201 Å². The number of carboxylic acids is 1. The highest BCUT2D eigenvalue weighted by molar-refractivity contribution is 5.89. The molecule has 2 heterocycles. The molecule has 2 amide bonds. The zero-order valence-corrected chi connectivity index (χ0v) is 19.1. The Morgan fingerprint density at radius 3 is 2.29 bits per heavy atom. The minimum absolute atomic E-state index is 0.300. The molecule has 0 unspecified atom stereocenters. The van der Waals surface area contributed by atoms with Gasteiger partial charge in [0, 0.05) is 6.20 Å². The molecule has 5 rings (SSSR count). The highest BCUT2D eigenvalue weighted by Gasteiger charge is 2.51. The van der Waals surface area contributed by atoms with Gasteiger partial charge in [-0.1, -0.05) is 47.7 Å². The van der Waals surface area contributed by atoms with Crippen LogP contribution in [0.2, 0.25) is 0 Å². The van der Waals surface area contributed by atoms with E-state index in [1.54, 1.807) is 17.8 Å². The molecule has 35 heavy (non-hydrogen) atoms. The number of pyridine rings is 1. The van der Waals surface area contributed by atoms with Crippen LogP contribution in [0.4, 0.5) is 10.6 Å². The molecule has 9 nitrogen and oxygen atoms in total. The van der Waals surface area contributed by atoms with Gasteiger partial charge in [-0.2, -0.15) is 4.68 Å². The van der Waals surface area contributed by atoms with Gasteiger partial charge in [0.25, 0.3) is 0 Å². The number of aryl methyl sites for hydroxylation is 1. The highest BCUT2D eigenvalue weighted by atomic mass is 16.4. The maximum absolute atomic E-state index is 12.4. The molecule has 0 bridgehead atoms. The van der Waals surface area contributed by atoms with E-state index in [2.05, 4.69) is 25.9 Å². The van der Waals surface area contributed by atoms with Gasteiger partial charge in [-0.05, 0) is 60.7 Å². The molecule has 1 fully saturated rings. The Kier molecular flexibility index (Phi) is 5.74. The van der Waals surface area contributed by atoms with Gasteiger partial charge in [0.05, 0.1) is 23.3 Å². The normalized spacial score (nSPS) is 13.7. The first-order valence-electron chi connectivity index (χ1n) is 11.3. The molecule has 3 N–H and O–H groups in total. The second-order valence-electron chi connectivity index (χ2n) is 8.58. The average molecular weight is 469 g/mol. The largest absolute Gasteiger partial charge is 0.481 e. The first-order chi connectivity index (χ1) is 17.0. The molecule has 0 atom stereocenters. The monoisotopic (exact) mass is 468 g/mol. The second kappa shape index (κ2) is 9.02. The number of aliphatic carboxylic acids is 1. The van der Waals surface area contributed by atoms with Gasteiger partial charge in [0.1, 0.15) is 5.69 Å². The van der Waals surface area contributed by atoms with Crippen molar-refractivity contribution >= 4 is 17.8 Å². The van der Waals surface area contributed by atoms with Gasteiger partial charge in [-0.25, -0.2) is 4.79 Å². The minimum atomic E-state index is -0.757. The van der Waals surface area contributed by atoms with Crippen LogP contribution in [0.1, 0.15) is 29.8 Å². The number of hydrogen-bond acceptors (Lipinski definition) is 5. The van der Waals surface area contributed by atoms with E-state index in [1.807, 2.05) is 66.7 Å². The van der Waals surface area contributed by atoms with Crippen molar-refractivity contribution in [3.8, 4) is 16.8 Å². The Morgan fingerprint density at radius 1 is 1.00 bits per heavy atom. The number of benzene rings is 2. The van der Waals surface area contributed by atoms with E-state index in [1.165, 1.54) is 0 Å². The summed E-state index contributed by atoms with van der Waals surface area (Å²) in [6.07, 6.45) is 3.05. The van der Waals surface area contributed by atoms with Crippen molar-refractivity contribution in [2.75, 3.05) is 5.32 Å². The SMILES string of the molecule is Cc1nnn(-c2ccc(-c3ccc(C4(C(=O)O)CC4)cc3)cc2)c1NC(=O)NCc1ccccn1. The number of anilines is 1. The number of aromatic nitrogens is 4. The number of hydrogen-bond donors (Lipinski definition) is 3. The van der Waals surface area contributed by atoms with Crippen molar-refractivity contribution < 1.29 is 14.7 Å². The van der Waals surface area contributed by atoms with Crippen LogP contribution in [0, 0.1) is 6.92 Å². The van der Waals surface area contributed by atoms with Crippen molar-refractivity contribution in [1.29, 1.82) is 0 Å². The lowest BCUT2D eigenvalue weighted by Crippen LogP contribution is -2.29. The smallest absolute Gasteiger partial charge is 0.320 e. The number of urea groups is 1. The topological polar surface area (TPSA) is 122 Å². The molecule has 9 heteroatoms. The molecule has 0 radical (unpaired) electrons. The average Bonchev–Trinajstić information content (AvgIpc) is 3.63. The third-order valence-electron chi connectivity index (χ3n) is 6.27. The lowest BCUT2D eigenvalue weighted by molar-refractivity contribution is -0.140. The van der Waals surface area contributed by atoms with Gasteiger partial charge in [-0.15, -0.1) is 5.10 Å². The molecule has 1 aliphatic carbocycles. The Bertz CT molecular complexity index is 1360. The summed E-state index contributed by atoms with van der Waals surface area (Å²) in [5, 5.41) is 23.4. The van der Waals surface area contributed by atoms with E-state index in [0.29, 0.717) is 30.9 Å². The van der Waals surface area contributed by atoms with Crippen LogP contribution in [-0.2, 0) is 16.8 Å². The lowest BCUT2D eigenvalue weighted by Gasteiger charge is -2.12. The van der Waals surface area contributed by atoms with Crippen molar-refractivity contribution in [2.45, 2.75) is 31.7 Å². The van der Waals surface area contributed by atoms with Crippen molar-refractivity contribution in [3.05, 3.63) is 89.9 Å². The van der Waals surface area contributed by atoms with Crippen LogP contribution in [0.15, 0.2) is 72.9 Å². The van der Waals surface area contributed by atoms with Gasteiger partial charge < -0.3 is 10.4 Å². The predicted octanol–water partition coefficient (Wildman–Crippen LogP) is 4.08. The van der Waals surface area contributed by atoms with Crippen LogP contribution in [0.3, 0.4) is 0 Å². The Balaban J connectivity index is 1.29. The number of amides is 2. The Morgan fingerprint density at radius 2 is 1.69 bits per heavy atom. The molecule has 0 spiro atoms. The molecule has 0 saturated heterocycles. The van der Waals surface area contributed by atoms with Crippen molar-refractivity contribution in [1.82, 2.24) is 25.3 Å². The fraction of sp³-hybridized carbons (Fsp3) is 0.192. The van der Waals surface area contributed by atoms with Gasteiger partial charge in [0.15, 0.2) is 5.82 Å². The van der Waals surface area contributed by atoms with Crippen LogP contribution in [0.5, 0.6) is 0 Å². The van der Waals surface area contributed by atoms with E-state index in [0.717, 1.165) is 28.1 Å². The number of nitrogens with one attached hydrogen (secondary N) is 2. The predicted molar refractivity (Wildman–Crippen MR) is 130 cm³/mol. The van der Waals surface area contributed by atoms with E-state index in [-0.39, 0.29) is 6.03 Å². The first kappa shape index (κ1) is 22.3. The number of nitrogens with zero attached hydrogens (tertiary/aromatic N) is 4. The minimum Gasteiger partial charge on any atom is -0.481 e. The highest BCUT2D eigenvalue weighted by Crippen LogP contribution is 2.48. The summed E-state index contributed by atoms with van der Waals surface area (Å²) in [6.45, 7) is 2.08. The standard InChI is InChI=1S/C26H24N6O3/c1-17-23(29-25(35)28-16-21-4-2-3-15-27-21)32(31-30-17)22-11-7-19(8-12-22)18-5-9-20(10-6-18)26(13-14-26)24(33)34/h2-12,15H,13-14,16H2,1H3,(H,33,34)(H2,28,29,35). The van der Waals surface area contributed by atoms with E-state index < -0.39 is 11.4 Å². The molecule has 2 aromatic heterocycles. The summed E-state index contributed by atoms with van der Waals surface area (Å²) in [5.74, 6) is -0.281. The number of carbonyl (C=O) groups excluding carboxylic acids is 1. The molecule has 176 valence electrons. The van der Waals surface area contributed by atoms with E-state index >= 15 is 0 Å². The number of carbonyl (C=O) groups is 2. The van der Waals surface area contributed by atoms with Gasteiger partial charge in [-0.3, -0.25) is 15.1 Å². The van der Waals surface area contributed by atoms with Crippen molar-refractivity contribution in [3.63, 3.8) is 0 Å². The van der Waals surface area contributed by atoms with Crippen molar-refractivity contribution in [2.24, 2.45) is 0 Å². The second-order valence-corrected chi connectivity index (χ2v) is 8.58. The van der Waals surface area contributed by atoms with Gasteiger partial charge >= 0.3 is 12.0 Å². The maximum Gasteiger partial charge on any atom is 0.320 e. The Hall–Kier alpha value is -4.53. The zero-order chi connectivity index (χ0) is 24.4. The quantitative estimate of drug-likeness (QED) is 0.376. The summed E-state index contributed by atoms with van der Waals surface area (Å²) in [4.78, 5) is 28.2. The van der Waals surface area contributed by atoms with E-state index in [4.69, 9.17) is 0 Å². The zero-order valence-electron chi connectivity index (χ0n) is 19.1. The molecule has 1 aliphatic rings. The molecule has 4 aromatic rings. The maximum atomic E-state index is 12.4. The lowest BCUT2D eigenvalue weighted by atomic mass is 9.94. The van der Waals surface area contributed by atoms with Crippen LogP contribution < -0.4 is 10.6 Å². The molecule has 1 saturated carbocycles. The van der Waals surface area contributed by atoms with Crippen LogP contribution in [0.25, 0.3) is 16.8 Å². The summed E-state index contributed by atoms with van der Waals surface area (Å²) in [5.41, 5.74) is 4.20. The molecular weight excluding hydrogens is 444 g/mol. The van der Waals surface area contributed by atoms with Gasteiger partial charge in [0.2, 0.25) is 0 Å². The fourth-order valence-electron chi connectivity index (χ4n) is 4.03. The molecular formula is C26H24N6O3. The number of rotatable bonds is 7. The van der Waals surface area contributed by atoms with E-state index in [9.17, 15) is 14.7 Å². The first-order valence-corrected chi connectivity index (χ1v) is 11.3. The van der Waals surface area contributed by atoms with Crippen LogP contribution >= 0.6 is 0 Å². The summed E-state index contributed by atoms with van der Waals surface area (Å²) < 4.78 is 1.58. The summed E-state index contributed by atoms with van der Waals surface area (Å²) >= 11 is 0. The summed E-state index contributed by atoms with van der Waals surface area (Å²) in [7, 11) is 0. The number of carboxylic acid groups (broad SMARTS) is 1. The summed E-state index contributed by atoms with van der Waals surface area (Å²) in [6, 6.07) is 20.5. The molecule has 2 aromatic carbocycles.